The number of aromatic nitrogens is 3. The first kappa shape index (κ1) is 18.1. The summed E-state index contributed by atoms with van der Waals surface area (Å²) in [5, 5.41) is 2.69. The minimum atomic E-state index is -0.365. The van der Waals surface area contributed by atoms with Crippen molar-refractivity contribution in [1.82, 2.24) is 19.7 Å². The summed E-state index contributed by atoms with van der Waals surface area (Å²) >= 11 is 3.55. The number of hydrogen-bond acceptors (Lipinski definition) is 5. The molecule has 3 rings (SSSR count). The lowest BCUT2D eigenvalue weighted by molar-refractivity contribution is 0.0690. The minimum absolute atomic E-state index is 0.0307. The van der Waals surface area contributed by atoms with Gasteiger partial charge in [-0.25, -0.2) is 9.78 Å². The lowest BCUT2D eigenvalue weighted by Crippen LogP contribution is -2.33. The van der Waals surface area contributed by atoms with Gasteiger partial charge in [0.25, 0.3) is 0 Å². The fourth-order valence-electron chi connectivity index (χ4n) is 3.34. The highest BCUT2D eigenvalue weighted by molar-refractivity contribution is 9.10. The molecule has 8 heteroatoms. The van der Waals surface area contributed by atoms with Crippen molar-refractivity contribution in [3.63, 3.8) is 0 Å². The molecule has 1 N–H and O–H groups in total. The fraction of sp³-hybridized carbons (Fsp3) is 0.588. The van der Waals surface area contributed by atoms with E-state index >= 15 is 0 Å². The highest BCUT2D eigenvalue weighted by Gasteiger charge is 2.28. The monoisotopic (exact) mass is 410 g/mol. The van der Waals surface area contributed by atoms with Crippen LogP contribution in [0.3, 0.4) is 0 Å². The molecule has 0 unspecified atom stereocenters. The number of alkyl carbamates (subject to hydrolysis) is 1. The molecule has 2 aromatic rings. The first-order valence-corrected chi connectivity index (χ1v) is 9.32. The predicted octanol–water partition coefficient (Wildman–Crippen LogP) is 3.20. The molecule has 0 aliphatic heterocycles. The van der Waals surface area contributed by atoms with Gasteiger partial charge in [0, 0.05) is 32.0 Å². The standard InChI is InChI=1S/C17H23BrN4O3/c1-11-14-15(18)21-16(22(14)9-7-19-11)12-3-5-13(6-4-12)25-17(23)20-8-10-24-2/h7,9,12-13H,3-6,8,10H2,1-2H3,(H,20,23). The van der Waals surface area contributed by atoms with Crippen LogP contribution in [0.2, 0.25) is 0 Å². The Labute approximate surface area is 155 Å². The molecule has 2 heterocycles. The highest BCUT2D eigenvalue weighted by Crippen LogP contribution is 2.35. The molecule has 1 aliphatic rings. The van der Waals surface area contributed by atoms with Crippen LogP contribution in [0.4, 0.5) is 4.79 Å². The van der Waals surface area contributed by atoms with Gasteiger partial charge in [-0.3, -0.25) is 9.38 Å². The number of nitrogens with one attached hydrogen (secondary N) is 1. The molecular weight excluding hydrogens is 388 g/mol. The van der Waals surface area contributed by atoms with E-state index in [0.29, 0.717) is 19.1 Å². The number of hydrogen-bond donors (Lipinski definition) is 1. The molecule has 0 bridgehead atoms. The van der Waals surface area contributed by atoms with E-state index in [0.717, 1.165) is 47.3 Å². The average Bonchev–Trinajstić information content (AvgIpc) is 2.94. The number of ether oxygens (including phenoxy) is 2. The summed E-state index contributed by atoms with van der Waals surface area (Å²) in [4.78, 5) is 20.8. The van der Waals surface area contributed by atoms with Crippen LogP contribution in [0.5, 0.6) is 0 Å². The largest absolute Gasteiger partial charge is 0.446 e. The first-order chi connectivity index (χ1) is 12.1. The maximum Gasteiger partial charge on any atom is 0.407 e. The molecule has 7 nitrogen and oxygen atoms in total. The van der Waals surface area contributed by atoms with E-state index in [1.807, 2.05) is 13.1 Å². The van der Waals surface area contributed by atoms with Crippen molar-refractivity contribution in [3.8, 4) is 0 Å². The van der Waals surface area contributed by atoms with Crippen LogP contribution in [0.15, 0.2) is 17.0 Å². The van der Waals surface area contributed by atoms with E-state index in [1.54, 1.807) is 13.3 Å². The third-order valence-corrected chi connectivity index (χ3v) is 5.16. The van der Waals surface area contributed by atoms with Crippen molar-refractivity contribution in [1.29, 1.82) is 0 Å². The normalized spacial score (nSPS) is 20.6. The Hall–Kier alpha value is -1.67. The summed E-state index contributed by atoms with van der Waals surface area (Å²) in [6.07, 6.45) is 6.96. The summed E-state index contributed by atoms with van der Waals surface area (Å²) in [6, 6.07) is 0. The predicted molar refractivity (Wildman–Crippen MR) is 96.8 cm³/mol. The van der Waals surface area contributed by atoms with Gasteiger partial charge in [0.2, 0.25) is 0 Å². The van der Waals surface area contributed by atoms with Crippen LogP contribution in [-0.2, 0) is 9.47 Å². The zero-order valence-electron chi connectivity index (χ0n) is 14.5. The van der Waals surface area contributed by atoms with Crippen LogP contribution >= 0.6 is 15.9 Å². The number of fused-ring (bicyclic) bond motifs is 1. The van der Waals surface area contributed by atoms with Gasteiger partial charge in [0.15, 0.2) is 0 Å². The summed E-state index contributed by atoms with van der Waals surface area (Å²) in [6.45, 7) is 2.93. The van der Waals surface area contributed by atoms with Crippen LogP contribution in [0.1, 0.15) is 43.1 Å². The molecular formula is C17H23BrN4O3. The molecule has 0 spiro atoms. The minimum Gasteiger partial charge on any atom is -0.446 e. The van der Waals surface area contributed by atoms with Crippen LogP contribution in [-0.4, -0.2) is 46.8 Å². The number of methoxy groups -OCH3 is 1. The summed E-state index contributed by atoms with van der Waals surface area (Å²) < 4.78 is 13.3. The van der Waals surface area contributed by atoms with Crippen molar-refractivity contribution in [2.75, 3.05) is 20.3 Å². The smallest absolute Gasteiger partial charge is 0.407 e. The molecule has 1 fully saturated rings. The Morgan fingerprint density at radius 3 is 2.88 bits per heavy atom. The molecule has 1 saturated carbocycles. The van der Waals surface area contributed by atoms with Gasteiger partial charge < -0.3 is 14.8 Å². The number of nitrogens with zero attached hydrogens (tertiary/aromatic N) is 3. The molecule has 25 heavy (non-hydrogen) atoms. The molecule has 136 valence electrons. The maximum absolute atomic E-state index is 11.7. The topological polar surface area (TPSA) is 77.8 Å². The van der Waals surface area contributed by atoms with Crippen molar-refractivity contribution in [2.24, 2.45) is 0 Å². The first-order valence-electron chi connectivity index (χ1n) is 8.52. The molecule has 0 radical (unpaired) electrons. The van der Waals surface area contributed by atoms with Gasteiger partial charge in [0.1, 0.15) is 22.0 Å². The van der Waals surface area contributed by atoms with E-state index < -0.39 is 0 Å². The number of aryl methyl sites for hydroxylation is 1. The van der Waals surface area contributed by atoms with Crippen molar-refractivity contribution >= 4 is 27.5 Å². The second-order valence-corrected chi connectivity index (χ2v) is 7.04. The maximum atomic E-state index is 11.7. The summed E-state index contributed by atoms with van der Waals surface area (Å²) in [5.74, 6) is 1.41. The summed E-state index contributed by atoms with van der Waals surface area (Å²) in [7, 11) is 1.60. The molecule has 1 aliphatic carbocycles. The second-order valence-electron chi connectivity index (χ2n) is 6.29. The molecule has 2 aromatic heterocycles. The third-order valence-electron chi connectivity index (χ3n) is 4.61. The van der Waals surface area contributed by atoms with Gasteiger partial charge in [-0.1, -0.05) is 0 Å². The van der Waals surface area contributed by atoms with E-state index in [-0.39, 0.29) is 12.2 Å². The lowest BCUT2D eigenvalue weighted by Gasteiger charge is -2.27. The van der Waals surface area contributed by atoms with Crippen molar-refractivity contribution in [3.05, 3.63) is 28.5 Å². The van der Waals surface area contributed by atoms with E-state index in [2.05, 4.69) is 30.6 Å². The number of carbonyl (C=O) groups is 1. The fourth-order valence-corrected chi connectivity index (χ4v) is 4.00. The van der Waals surface area contributed by atoms with Crippen LogP contribution in [0, 0.1) is 6.92 Å². The zero-order chi connectivity index (χ0) is 17.8. The number of amides is 1. The Balaban J connectivity index is 1.60. The Kier molecular flexibility index (Phi) is 5.90. The Morgan fingerprint density at radius 1 is 1.40 bits per heavy atom. The van der Waals surface area contributed by atoms with Crippen molar-refractivity contribution < 1.29 is 14.3 Å². The third kappa shape index (κ3) is 4.12. The molecule has 0 atom stereocenters. The summed E-state index contributed by atoms with van der Waals surface area (Å²) in [5.41, 5.74) is 1.98. The van der Waals surface area contributed by atoms with E-state index in [4.69, 9.17) is 14.5 Å². The molecule has 0 aromatic carbocycles. The van der Waals surface area contributed by atoms with Gasteiger partial charge in [0.05, 0.1) is 12.3 Å². The van der Waals surface area contributed by atoms with Crippen LogP contribution in [0.25, 0.3) is 5.52 Å². The Bertz CT molecular complexity index is 741. The quantitative estimate of drug-likeness (QED) is 0.765. The van der Waals surface area contributed by atoms with Gasteiger partial charge in [-0.05, 0) is 48.5 Å². The number of rotatable bonds is 5. The second kappa shape index (κ2) is 8.14. The lowest BCUT2D eigenvalue weighted by atomic mass is 9.87. The number of carbonyl (C=O) groups excluding carboxylic acids is 1. The number of imidazole rings is 1. The van der Waals surface area contributed by atoms with Gasteiger partial charge in [-0.2, -0.15) is 0 Å². The molecule has 0 saturated heterocycles. The SMILES string of the molecule is COCCNC(=O)OC1CCC(c2nc(Br)c3c(C)nccn23)CC1. The van der Waals surface area contributed by atoms with E-state index in [1.165, 1.54) is 0 Å². The molecule has 1 amide bonds. The highest BCUT2D eigenvalue weighted by atomic mass is 79.9. The Morgan fingerprint density at radius 2 is 2.16 bits per heavy atom. The average molecular weight is 411 g/mol. The zero-order valence-corrected chi connectivity index (χ0v) is 16.1. The van der Waals surface area contributed by atoms with Gasteiger partial charge in [-0.15, -0.1) is 0 Å². The number of halogens is 1. The van der Waals surface area contributed by atoms with E-state index in [9.17, 15) is 4.79 Å². The van der Waals surface area contributed by atoms with Crippen LogP contribution < -0.4 is 5.32 Å². The van der Waals surface area contributed by atoms with Crippen molar-refractivity contribution in [2.45, 2.75) is 44.6 Å². The van der Waals surface area contributed by atoms with Gasteiger partial charge >= 0.3 is 6.09 Å².